The smallest absolute Gasteiger partial charge is 0.243 e. The van der Waals surface area contributed by atoms with Crippen LogP contribution in [0.1, 0.15) is 17.8 Å². The molecule has 0 atom stereocenters. The first-order valence-corrected chi connectivity index (χ1v) is 9.34. The third kappa shape index (κ3) is 5.07. The Hall–Kier alpha value is -3.48. The number of carbonyl (C=O) groups excluding carboxylic acids is 1. The molecule has 1 heterocycles. The van der Waals surface area contributed by atoms with Gasteiger partial charge in [0.15, 0.2) is 11.5 Å². The number of hydrogen-bond donors (Lipinski definition) is 2. The minimum Gasteiger partial charge on any atom is -0.493 e. The highest BCUT2D eigenvalue weighted by molar-refractivity contribution is 5.91. The monoisotopic (exact) mass is 395 g/mol. The van der Waals surface area contributed by atoms with Crippen LogP contribution in [0.15, 0.2) is 42.5 Å². The molecule has 152 valence electrons. The van der Waals surface area contributed by atoms with Crippen molar-refractivity contribution in [3.63, 3.8) is 0 Å². The van der Waals surface area contributed by atoms with E-state index in [-0.39, 0.29) is 5.91 Å². The average Bonchev–Trinajstić information content (AvgIpc) is 3.17. The predicted molar refractivity (Wildman–Crippen MR) is 113 cm³/mol. The van der Waals surface area contributed by atoms with Crippen LogP contribution in [0.3, 0.4) is 0 Å². The number of fused-ring (bicyclic) bond motifs is 1. The van der Waals surface area contributed by atoms with Gasteiger partial charge >= 0.3 is 0 Å². The summed E-state index contributed by atoms with van der Waals surface area (Å²) in [5.41, 5.74) is 2.76. The van der Waals surface area contributed by atoms with Gasteiger partial charge in [-0.25, -0.2) is 4.98 Å². The van der Waals surface area contributed by atoms with Crippen molar-refractivity contribution in [3.05, 3.63) is 53.9 Å². The lowest BCUT2D eigenvalue weighted by molar-refractivity contribution is -0.116. The SMILES string of the molecule is COc1cc(/C=C/C(=O)NCCCc2nc3ccccc3[nH]2)cc(OC)c1OC. The lowest BCUT2D eigenvalue weighted by Gasteiger charge is -2.12. The maximum atomic E-state index is 12.1. The number of nitrogens with zero attached hydrogens (tertiary/aromatic N) is 1. The zero-order chi connectivity index (χ0) is 20.6. The first kappa shape index (κ1) is 20.3. The van der Waals surface area contributed by atoms with Crippen molar-refractivity contribution in [1.29, 1.82) is 0 Å². The van der Waals surface area contributed by atoms with E-state index in [1.54, 1.807) is 39.5 Å². The Labute approximate surface area is 169 Å². The number of ether oxygens (including phenoxy) is 3. The van der Waals surface area contributed by atoms with Gasteiger partial charge in [0.25, 0.3) is 0 Å². The number of imidazole rings is 1. The zero-order valence-electron chi connectivity index (χ0n) is 16.8. The molecular weight excluding hydrogens is 370 g/mol. The second kappa shape index (κ2) is 9.64. The summed E-state index contributed by atoms with van der Waals surface area (Å²) < 4.78 is 15.9. The van der Waals surface area contributed by atoms with Gasteiger partial charge in [-0.05, 0) is 42.3 Å². The summed E-state index contributed by atoms with van der Waals surface area (Å²) >= 11 is 0. The first-order chi connectivity index (χ1) is 14.1. The Bertz CT molecular complexity index is 952. The molecule has 3 rings (SSSR count). The van der Waals surface area contributed by atoms with Crippen molar-refractivity contribution in [2.75, 3.05) is 27.9 Å². The maximum Gasteiger partial charge on any atom is 0.243 e. The summed E-state index contributed by atoms with van der Waals surface area (Å²) in [6.45, 7) is 0.565. The van der Waals surface area contributed by atoms with Crippen molar-refractivity contribution < 1.29 is 19.0 Å². The van der Waals surface area contributed by atoms with Crippen LogP contribution in [-0.4, -0.2) is 43.7 Å². The van der Waals surface area contributed by atoms with Gasteiger partial charge in [0.2, 0.25) is 11.7 Å². The van der Waals surface area contributed by atoms with E-state index in [2.05, 4.69) is 15.3 Å². The minimum absolute atomic E-state index is 0.164. The molecule has 0 aliphatic heterocycles. The second-order valence-corrected chi connectivity index (χ2v) is 6.39. The molecule has 0 spiro atoms. The van der Waals surface area contributed by atoms with Crippen LogP contribution >= 0.6 is 0 Å². The highest BCUT2D eigenvalue weighted by Crippen LogP contribution is 2.38. The molecule has 0 saturated heterocycles. The molecule has 29 heavy (non-hydrogen) atoms. The number of H-pyrrole nitrogens is 1. The van der Waals surface area contributed by atoms with Crippen molar-refractivity contribution >= 4 is 23.0 Å². The van der Waals surface area contributed by atoms with Crippen LogP contribution in [0.5, 0.6) is 17.2 Å². The van der Waals surface area contributed by atoms with Gasteiger partial charge in [-0.15, -0.1) is 0 Å². The Balaban J connectivity index is 1.51. The highest BCUT2D eigenvalue weighted by Gasteiger charge is 2.12. The van der Waals surface area contributed by atoms with Crippen LogP contribution in [0.25, 0.3) is 17.1 Å². The fraction of sp³-hybridized carbons (Fsp3) is 0.273. The van der Waals surface area contributed by atoms with E-state index in [4.69, 9.17) is 14.2 Å². The molecule has 1 amide bonds. The third-order valence-corrected chi connectivity index (χ3v) is 4.44. The standard InChI is InChI=1S/C22H25N3O4/c1-27-18-13-15(14-19(28-2)22(18)29-3)10-11-21(26)23-12-6-9-20-24-16-7-4-5-8-17(16)25-20/h4-5,7-8,10-11,13-14H,6,9,12H2,1-3H3,(H,23,26)(H,24,25)/b11-10+. The molecule has 0 saturated carbocycles. The first-order valence-electron chi connectivity index (χ1n) is 9.34. The van der Waals surface area contributed by atoms with Crippen molar-refractivity contribution in [2.24, 2.45) is 0 Å². The summed E-state index contributed by atoms with van der Waals surface area (Å²) in [5, 5.41) is 2.88. The maximum absolute atomic E-state index is 12.1. The van der Waals surface area contributed by atoms with Gasteiger partial charge in [0, 0.05) is 19.0 Å². The van der Waals surface area contributed by atoms with Gasteiger partial charge < -0.3 is 24.5 Å². The number of para-hydroxylation sites is 2. The number of aryl methyl sites for hydroxylation is 1. The van der Waals surface area contributed by atoms with E-state index in [0.29, 0.717) is 23.8 Å². The van der Waals surface area contributed by atoms with Crippen molar-refractivity contribution in [1.82, 2.24) is 15.3 Å². The highest BCUT2D eigenvalue weighted by atomic mass is 16.5. The summed E-state index contributed by atoms with van der Waals surface area (Å²) in [7, 11) is 4.66. The molecule has 0 bridgehead atoms. The molecule has 2 N–H and O–H groups in total. The van der Waals surface area contributed by atoms with Crippen molar-refractivity contribution in [2.45, 2.75) is 12.8 Å². The largest absolute Gasteiger partial charge is 0.493 e. The van der Waals surface area contributed by atoms with Gasteiger partial charge in [-0.2, -0.15) is 0 Å². The summed E-state index contributed by atoms with van der Waals surface area (Å²) in [5.74, 6) is 2.36. The number of amides is 1. The molecule has 1 aromatic heterocycles. The third-order valence-electron chi connectivity index (χ3n) is 4.44. The molecule has 7 nitrogen and oxygen atoms in total. The molecular formula is C22H25N3O4. The predicted octanol–water partition coefficient (Wildman–Crippen LogP) is 3.35. The number of aromatic nitrogens is 2. The fourth-order valence-electron chi connectivity index (χ4n) is 3.02. The molecule has 0 aliphatic rings. The van der Waals surface area contributed by atoms with Crippen LogP contribution in [0, 0.1) is 0 Å². The Kier molecular flexibility index (Phi) is 6.73. The number of methoxy groups -OCH3 is 3. The molecule has 2 aromatic carbocycles. The molecule has 0 aliphatic carbocycles. The van der Waals surface area contributed by atoms with E-state index in [1.165, 1.54) is 6.08 Å². The van der Waals surface area contributed by atoms with Gasteiger partial charge in [-0.3, -0.25) is 4.79 Å². The Morgan fingerprint density at radius 3 is 2.48 bits per heavy atom. The number of aromatic amines is 1. The van der Waals surface area contributed by atoms with Crippen LogP contribution in [-0.2, 0) is 11.2 Å². The van der Waals surface area contributed by atoms with E-state index in [1.807, 2.05) is 24.3 Å². The normalized spacial score (nSPS) is 11.0. The lowest BCUT2D eigenvalue weighted by Crippen LogP contribution is -2.22. The molecule has 0 radical (unpaired) electrons. The molecule has 0 fully saturated rings. The summed E-state index contributed by atoms with van der Waals surface area (Å²) in [4.78, 5) is 19.9. The number of rotatable bonds is 9. The molecule has 3 aromatic rings. The lowest BCUT2D eigenvalue weighted by atomic mass is 10.1. The number of carbonyl (C=O) groups is 1. The summed E-state index contributed by atoms with van der Waals surface area (Å²) in [6.07, 6.45) is 4.76. The number of benzene rings is 2. The van der Waals surface area contributed by atoms with Crippen LogP contribution in [0.2, 0.25) is 0 Å². The molecule has 0 unspecified atom stereocenters. The van der Waals surface area contributed by atoms with Crippen molar-refractivity contribution in [3.8, 4) is 17.2 Å². The second-order valence-electron chi connectivity index (χ2n) is 6.39. The van der Waals surface area contributed by atoms with E-state index in [0.717, 1.165) is 35.3 Å². The van der Waals surface area contributed by atoms with E-state index in [9.17, 15) is 4.79 Å². The van der Waals surface area contributed by atoms with E-state index >= 15 is 0 Å². The number of nitrogens with one attached hydrogen (secondary N) is 2. The Morgan fingerprint density at radius 2 is 1.83 bits per heavy atom. The van der Waals surface area contributed by atoms with Crippen LogP contribution < -0.4 is 19.5 Å². The average molecular weight is 395 g/mol. The van der Waals surface area contributed by atoms with Gasteiger partial charge in [-0.1, -0.05) is 12.1 Å². The molecule has 7 heteroatoms. The van der Waals surface area contributed by atoms with Crippen LogP contribution in [0.4, 0.5) is 0 Å². The van der Waals surface area contributed by atoms with Gasteiger partial charge in [0.1, 0.15) is 5.82 Å². The minimum atomic E-state index is -0.164. The van der Waals surface area contributed by atoms with E-state index < -0.39 is 0 Å². The van der Waals surface area contributed by atoms with Gasteiger partial charge in [0.05, 0.1) is 32.4 Å². The summed E-state index contributed by atoms with van der Waals surface area (Å²) in [6, 6.07) is 11.5. The number of hydrogen-bond acceptors (Lipinski definition) is 5. The quantitative estimate of drug-likeness (QED) is 0.429. The Morgan fingerprint density at radius 1 is 1.10 bits per heavy atom. The fourth-order valence-corrected chi connectivity index (χ4v) is 3.02. The topological polar surface area (TPSA) is 85.5 Å². The zero-order valence-corrected chi connectivity index (χ0v) is 16.8.